The summed E-state index contributed by atoms with van der Waals surface area (Å²) >= 11 is 3.34. The number of H-pyrrole nitrogens is 1. The molecule has 1 saturated carbocycles. The lowest BCUT2D eigenvalue weighted by Crippen LogP contribution is -2.38. The molecule has 1 amide bonds. The molecule has 7 nitrogen and oxygen atoms in total. The van der Waals surface area contributed by atoms with Gasteiger partial charge in [0.05, 0.1) is 16.7 Å². The molecule has 1 aromatic rings. The highest BCUT2D eigenvalue weighted by Crippen LogP contribution is 2.42. The van der Waals surface area contributed by atoms with E-state index in [4.69, 9.17) is 9.84 Å². The van der Waals surface area contributed by atoms with Gasteiger partial charge in [-0.2, -0.15) is 5.10 Å². The van der Waals surface area contributed by atoms with Crippen molar-refractivity contribution in [1.29, 1.82) is 0 Å². The average Bonchev–Trinajstić information content (AvgIpc) is 3.13. The predicted octanol–water partition coefficient (Wildman–Crippen LogP) is 0.879. The molecule has 0 radical (unpaired) electrons. The van der Waals surface area contributed by atoms with Gasteiger partial charge in [-0.15, -0.1) is 0 Å². The number of carboxylic acids is 1. The van der Waals surface area contributed by atoms with Gasteiger partial charge in [-0.1, -0.05) is 0 Å². The van der Waals surface area contributed by atoms with Crippen molar-refractivity contribution >= 4 is 27.8 Å². The normalized spacial score (nSPS) is 16.1. The molecule has 0 bridgehead atoms. The van der Waals surface area contributed by atoms with Gasteiger partial charge in [0.1, 0.15) is 0 Å². The molecule has 104 valence electrons. The Morgan fingerprint density at radius 3 is 2.84 bits per heavy atom. The molecule has 1 atom stereocenters. The zero-order valence-corrected chi connectivity index (χ0v) is 11.9. The lowest BCUT2D eigenvalue weighted by Gasteiger charge is -2.10. The summed E-state index contributed by atoms with van der Waals surface area (Å²) in [6.07, 6.45) is 1.11. The maximum Gasteiger partial charge on any atom is 0.334 e. The Bertz CT molecular complexity index is 498. The van der Waals surface area contributed by atoms with E-state index in [2.05, 4.69) is 31.4 Å². The summed E-state index contributed by atoms with van der Waals surface area (Å²) < 4.78 is 5.38. The number of hydrogen-bond donors (Lipinski definition) is 3. The molecule has 0 aliphatic heterocycles. The number of aromatic nitrogens is 2. The number of nitrogens with one attached hydrogen (secondary N) is 2. The molecule has 1 unspecified atom stereocenters. The first-order valence-electron chi connectivity index (χ1n) is 5.82. The van der Waals surface area contributed by atoms with Crippen molar-refractivity contribution < 1.29 is 19.4 Å². The van der Waals surface area contributed by atoms with Crippen molar-refractivity contribution in [3.8, 4) is 0 Å². The molecule has 0 spiro atoms. The number of nitrogens with zero attached hydrogens (tertiary/aromatic N) is 1. The van der Waals surface area contributed by atoms with Crippen molar-refractivity contribution in [3.05, 3.63) is 15.9 Å². The Morgan fingerprint density at radius 2 is 2.32 bits per heavy atom. The predicted molar refractivity (Wildman–Crippen MR) is 69.0 cm³/mol. The van der Waals surface area contributed by atoms with E-state index in [1.165, 1.54) is 7.11 Å². The van der Waals surface area contributed by atoms with Crippen LogP contribution in [0.1, 0.15) is 34.9 Å². The zero-order valence-electron chi connectivity index (χ0n) is 10.3. The van der Waals surface area contributed by atoms with Crippen LogP contribution in [0.4, 0.5) is 0 Å². The Balaban J connectivity index is 1.98. The molecular weight excluding hydrogens is 318 g/mol. The number of carbonyl (C=O) groups excluding carboxylic acids is 1. The fourth-order valence-electron chi connectivity index (χ4n) is 1.68. The third kappa shape index (κ3) is 3.13. The lowest BCUT2D eigenvalue weighted by atomic mass is 10.2. The fraction of sp³-hybridized carbons (Fsp3) is 0.545. The van der Waals surface area contributed by atoms with Gasteiger partial charge in [0, 0.05) is 13.0 Å². The van der Waals surface area contributed by atoms with E-state index >= 15 is 0 Å². The van der Waals surface area contributed by atoms with Crippen LogP contribution in [-0.2, 0) is 9.53 Å². The van der Waals surface area contributed by atoms with Crippen LogP contribution < -0.4 is 5.32 Å². The van der Waals surface area contributed by atoms with E-state index in [0.717, 1.165) is 18.5 Å². The third-order valence-electron chi connectivity index (χ3n) is 2.94. The van der Waals surface area contributed by atoms with Crippen LogP contribution in [0.3, 0.4) is 0 Å². The highest BCUT2D eigenvalue weighted by molar-refractivity contribution is 9.10. The van der Waals surface area contributed by atoms with Crippen LogP contribution in [0.15, 0.2) is 4.47 Å². The summed E-state index contributed by atoms with van der Waals surface area (Å²) in [7, 11) is 1.28. The number of aromatic amines is 1. The first-order valence-corrected chi connectivity index (χ1v) is 6.61. The van der Waals surface area contributed by atoms with Crippen molar-refractivity contribution in [2.24, 2.45) is 0 Å². The van der Waals surface area contributed by atoms with E-state index in [0.29, 0.717) is 10.4 Å². The van der Waals surface area contributed by atoms with Crippen LogP contribution in [0.25, 0.3) is 0 Å². The number of aliphatic carboxylic acids is 1. The van der Waals surface area contributed by atoms with E-state index in [1.54, 1.807) is 0 Å². The van der Waals surface area contributed by atoms with Crippen LogP contribution in [0.2, 0.25) is 0 Å². The molecule has 1 fully saturated rings. The topological polar surface area (TPSA) is 104 Å². The van der Waals surface area contributed by atoms with Gasteiger partial charge in [-0.25, -0.2) is 4.79 Å². The van der Waals surface area contributed by atoms with Gasteiger partial charge in [0.15, 0.2) is 11.8 Å². The number of carboxylic acid groups (broad SMARTS) is 1. The second kappa shape index (κ2) is 5.70. The first-order chi connectivity index (χ1) is 9.04. The van der Waals surface area contributed by atoms with Crippen LogP contribution in [0.5, 0.6) is 0 Å². The number of ether oxygens (including phenoxy) is 1. The van der Waals surface area contributed by atoms with Gasteiger partial charge in [0.25, 0.3) is 5.91 Å². The molecular formula is C11H14BrN3O4. The lowest BCUT2D eigenvalue weighted by molar-refractivity contribution is -0.148. The van der Waals surface area contributed by atoms with E-state index in [1.807, 2.05) is 0 Å². The van der Waals surface area contributed by atoms with Crippen molar-refractivity contribution in [2.45, 2.75) is 24.9 Å². The summed E-state index contributed by atoms with van der Waals surface area (Å²) in [5, 5.41) is 18.1. The van der Waals surface area contributed by atoms with Crippen molar-refractivity contribution in [3.63, 3.8) is 0 Å². The van der Waals surface area contributed by atoms with Gasteiger partial charge < -0.3 is 15.2 Å². The minimum Gasteiger partial charge on any atom is -0.479 e. The molecule has 1 aromatic heterocycles. The van der Waals surface area contributed by atoms with Gasteiger partial charge in [-0.3, -0.25) is 9.89 Å². The van der Waals surface area contributed by atoms with Crippen LogP contribution >= 0.6 is 15.9 Å². The molecule has 1 aliphatic carbocycles. The largest absolute Gasteiger partial charge is 0.479 e. The van der Waals surface area contributed by atoms with E-state index in [-0.39, 0.29) is 12.2 Å². The van der Waals surface area contributed by atoms with Gasteiger partial charge >= 0.3 is 5.97 Å². The van der Waals surface area contributed by atoms with E-state index in [9.17, 15) is 9.59 Å². The second-order valence-electron chi connectivity index (χ2n) is 4.35. The maximum atomic E-state index is 11.9. The fourth-order valence-corrected chi connectivity index (χ4v) is 2.36. The number of hydrogen-bond acceptors (Lipinski definition) is 4. The monoisotopic (exact) mass is 331 g/mol. The Labute approximate surface area is 117 Å². The molecule has 0 aromatic carbocycles. The zero-order chi connectivity index (χ0) is 14.0. The summed E-state index contributed by atoms with van der Waals surface area (Å²) in [5.41, 5.74) is 1.16. The van der Waals surface area contributed by atoms with E-state index < -0.39 is 18.0 Å². The average molecular weight is 332 g/mol. The third-order valence-corrected chi connectivity index (χ3v) is 3.74. The molecule has 2 rings (SSSR count). The summed E-state index contributed by atoms with van der Waals surface area (Å²) in [5.74, 6) is -1.12. The number of amides is 1. The smallest absolute Gasteiger partial charge is 0.334 e. The molecule has 1 aliphatic rings. The molecule has 1 heterocycles. The SMILES string of the molecule is COC(CNC(=O)c1n[nH]c(C2CC2)c1Br)C(=O)O. The minimum atomic E-state index is -1.12. The molecule has 3 N–H and O–H groups in total. The molecule has 8 heteroatoms. The number of rotatable bonds is 6. The van der Waals surface area contributed by atoms with Gasteiger partial charge in [0.2, 0.25) is 0 Å². The summed E-state index contributed by atoms with van der Waals surface area (Å²) in [6, 6.07) is 0. The van der Waals surface area contributed by atoms with Crippen LogP contribution in [-0.4, -0.2) is 46.9 Å². The Morgan fingerprint density at radius 1 is 1.63 bits per heavy atom. The highest BCUT2D eigenvalue weighted by Gasteiger charge is 2.30. The van der Waals surface area contributed by atoms with Gasteiger partial charge in [-0.05, 0) is 28.8 Å². The summed E-state index contributed by atoms with van der Waals surface area (Å²) in [6.45, 7) is -0.108. The molecule has 0 saturated heterocycles. The minimum absolute atomic E-state index is 0.108. The molecule has 19 heavy (non-hydrogen) atoms. The quantitative estimate of drug-likeness (QED) is 0.717. The highest BCUT2D eigenvalue weighted by atomic mass is 79.9. The summed E-state index contributed by atoms with van der Waals surface area (Å²) in [4.78, 5) is 22.6. The number of methoxy groups -OCH3 is 1. The Kier molecular flexibility index (Phi) is 4.20. The number of halogens is 1. The Hall–Kier alpha value is -1.41. The van der Waals surface area contributed by atoms with Crippen molar-refractivity contribution in [1.82, 2.24) is 15.5 Å². The van der Waals surface area contributed by atoms with Crippen molar-refractivity contribution in [2.75, 3.05) is 13.7 Å². The second-order valence-corrected chi connectivity index (χ2v) is 5.14. The maximum absolute atomic E-state index is 11.9. The standard InChI is InChI=1S/C11H14BrN3O4/c1-19-6(11(17)18)4-13-10(16)9-7(12)8(14-15-9)5-2-3-5/h5-6H,2-4H2,1H3,(H,13,16)(H,14,15)(H,17,18). The van der Waals surface area contributed by atoms with Crippen LogP contribution in [0, 0.1) is 0 Å². The first kappa shape index (κ1) is 14.0. The number of carbonyl (C=O) groups is 2.